The third kappa shape index (κ3) is 4.24. The molecule has 1 aliphatic rings. The Balaban J connectivity index is 2.70. The van der Waals surface area contributed by atoms with Gasteiger partial charge in [-0.25, -0.2) is 0 Å². The summed E-state index contributed by atoms with van der Waals surface area (Å²) in [6, 6.07) is 0.551. The van der Waals surface area contributed by atoms with Gasteiger partial charge in [0.05, 0.1) is 6.10 Å². The Labute approximate surface area is 114 Å². The van der Waals surface area contributed by atoms with Crippen molar-refractivity contribution in [2.75, 3.05) is 13.7 Å². The number of hydrogen-bond donors (Lipinski definition) is 1. The van der Waals surface area contributed by atoms with Gasteiger partial charge in [0, 0.05) is 12.6 Å². The fourth-order valence-corrected chi connectivity index (χ4v) is 3.76. The molecule has 0 bridgehead atoms. The van der Waals surface area contributed by atoms with E-state index in [9.17, 15) is 0 Å². The zero-order valence-electron chi connectivity index (χ0n) is 12.9. The lowest BCUT2D eigenvalue weighted by molar-refractivity contribution is -0.00353. The molecule has 1 N–H and O–H groups in total. The molecule has 0 aromatic heterocycles. The van der Waals surface area contributed by atoms with Crippen molar-refractivity contribution >= 4 is 0 Å². The topological polar surface area (TPSA) is 21.3 Å². The van der Waals surface area contributed by atoms with Crippen molar-refractivity contribution in [3.63, 3.8) is 0 Å². The molecule has 108 valence electrons. The Morgan fingerprint density at radius 1 is 1.17 bits per heavy atom. The smallest absolute Gasteiger partial charge is 0.0730 e. The van der Waals surface area contributed by atoms with E-state index in [1.165, 1.54) is 44.9 Å². The van der Waals surface area contributed by atoms with Crippen molar-refractivity contribution < 1.29 is 4.74 Å². The molecule has 0 aromatic rings. The molecule has 4 unspecified atom stereocenters. The quantitative estimate of drug-likeness (QED) is 0.708. The first-order valence-corrected chi connectivity index (χ1v) is 8.07. The molecule has 2 heteroatoms. The first-order chi connectivity index (χ1) is 8.78. The maximum atomic E-state index is 6.02. The van der Waals surface area contributed by atoms with Crippen molar-refractivity contribution in [1.82, 2.24) is 5.32 Å². The normalized spacial score (nSPS) is 28.0. The lowest BCUT2D eigenvalue weighted by Gasteiger charge is -2.40. The molecule has 1 saturated carbocycles. The van der Waals surface area contributed by atoms with Crippen molar-refractivity contribution in [3.8, 4) is 0 Å². The SMILES string of the molecule is CCCC(OCC)C(NC)C1CCCCC1CC. The van der Waals surface area contributed by atoms with Gasteiger partial charge in [-0.15, -0.1) is 0 Å². The molecule has 0 spiro atoms. The van der Waals surface area contributed by atoms with Crippen molar-refractivity contribution in [2.45, 2.75) is 77.9 Å². The van der Waals surface area contributed by atoms with E-state index >= 15 is 0 Å². The maximum absolute atomic E-state index is 6.02. The second kappa shape index (κ2) is 8.92. The molecule has 0 amide bonds. The van der Waals surface area contributed by atoms with E-state index < -0.39 is 0 Å². The van der Waals surface area contributed by atoms with E-state index in [0.29, 0.717) is 12.1 Å². The number of ether oxygens (including phenoxy) is 1. The molecule has 0 radical (unpaired) electrons. The largest absolute Gasteiger partial charge is 0.377 e. The van der Waals surface area contributed by atoms with Crippen LogP contribution in [0.4, 0.5) is 0 Å². The summed E-state index contributed by atoms with van der Waals surface area (Å²) in [5, 5.41) is 3.58. The van der Waals surface area contributed by atoms with E-state index in [1.807, 2.05) is 0 Å². The van der Waals surface area contributed by atoms with Gasteiger partial charge in [-0.3, -0.25) is 0 Å². The van der Waals surface area contributed by atoms with Crippen LogP contribution < -0.4 is 5.32 Å². The first kappa shape index (κ1) is 16.0. The fraction of sp³-hybridized carbons (Fsp3) is 1.00. The molecule has 1 aliphatic carbocycles. The van der Waals surface area contributed by atoms with Crippen LogP contribution in [0.3, 0.4) is 0 Å². The van der Waals surface area contributed by atoms with Crippen LogP contribution in [0.25, 0.3) is 0 Å². The van der Waals surface area contributed by atoms with Gasteiger partial charge >= 0.3 is 0 Å². The number of rotatable bonds is 8. The summed E-state index contributed by atoms with van der Waals surface area (Å²) in [6.07, 6.45) is 9.78. The molecule has 2 nitrogen and oxygen atoms in total. The summed E-state index contributed by atoms with van der Waals surface area (Å²) >= 11 is 0. The maximum Gasteiger partial charge on any atom is 0.0730 e. The molecule has 18 heavy (non-hydrogen) atoms. The molecule has 4 atom stereocenters. The van der Waals surface area contributed by atoms with Crippen LogP contribution in [0.2, 0.25) is 0 Å². The third-order valence-corrected chi connectivity index (χ3v) is 4.64. The summed E-state index contributed by atoms with van der Waals surface area (Å²) < 4.78 is 6.02. The number of nitrogens with one attached hydrogen (secondary N) is 1. The third-order valence-electron chi connectivity index (χ3n) is 4.64. The molecule has 1 rings (SSSR count). The zero-order chi connectivity index (χ0) is 13.4. The molecule has 0 saturated heterocycles. The highest BCUT2D eigenvalue weighted by molar-refractivity contribution is 4.89. The van der Waals surface area contributed by atoms with Crippen LogP contribution in [-0.4, -0.2) is 25.8 Å². The van der Waals surface area contributed by atoms with Crippen LogP contribution in [-0.2, 0) is 4.74 Å². The lowest BCUT2D eigenvalue weighted by Crippen LogP contribution is -2.48. The first-order valence-electron chi connectivity index (χ1n) is 8.07. The summed E-state index contributed by atoms with van der Waals surface area (Å²) in [6.45, 7) is 7.57. The van der Waals surface area contributed by atoms with Gasteiger partial charge in [-0.1, -0.05) is 46.0 Å². The summed E-state index contributed by atoms with van der Waals surface area (Å²) in [5.74, 6) is 1.72. The van der Waals surface area contributed by atoms with Crippen LogP contribution in [0.1, 0.15) is 65.7 Å². The van der Waals surface area contributed by atoms with E-state index in [4.69, 9.17) is 4.74 Å². The Hall–Kier alpha value is -0.0800. The van der Waals surface area contributed by atoms with Gasteiger partial charge in [-0.2, -0.15) is 0 Å². The highest BCUT2D eigenvalue weighted by Crippen LogP contribution is 2.36. The predicted molar refractivity (Wildman–Crippen MR) is 78.9 cm³/mol. The predicted octanol–water partition coefficient (Wildman–Crippen LogP) is 4.00. The van der Waals surface area contributed by atoms with E-state index in [1.54, 1.807) is 0 Å². The highest BCUT2D eigenvalue weighted by atomic mass is 16.5. The number of hydrogen-bond acceptors (Lipinski definition) is 2. The van der Waals surface area contributed by atoms with Gasteiger partial charge in [0.1, 0.15) is 0 Å². The zero-order valence-corrected chi connectivity index (χ0v) is 12.9. The fourth-order valence-electron chi connectivity index (χ4n) is 3.76. The highest BCUT2D eigenvalue weighted by Gasteiger charge is 2.34. The second-order valence-electron chi connectivity index (χ2n) is 5.71. The standard InChI is InChI=1S/C16H33NO/c1-5-10-15(18-7-3)16(17-4)14-12-9-8-11-13(14)6-2/h13-17H,5-12H2,1-4H3. The summed E-state index contributed by atoms with van der Waals surface area (Å²) in [5.41, 5.74) is 0. The van der Waals surface area contributed by atoms with E-state index in [0.717, 1.165) is 18.4 Å². The van der Waals surface area contributed by atoms with Crippen LogP contribution >= 0.6 is 0 Å². The van der Waals surface area contributed by atoms with Crippen molar-refractivity contribution in [2.24, 2.45) is 11.8 Å². The molecule has 0 aromatic carbocycles. The summed E-state index contributed by atoms with van der Waals surface area (Å²) in [7, 11) is 2.12. The Morgan fingerprint density at radius 3 is 2.44 bits per heavy atom. The van der Waals surface area contributed by atoms with Gasteiger partial charge in [0.25, 0.3) is 0 Å². The van der Waals surface area contributed by atoms with Crippen LogP contribution in [0.15, 0.2) is 0 Å². The van der Waals surface area contributed by atoms with Gasteiger partial charge < -0.3 is 10.1 Å². The average Bonchev–Trinajstić information content (AvgIpc) is 2.40. The average molecular weight is 255 g/mol. The molecule has 0 heterocycles. The molecule has 1 fully saturated rings. The minimum Gasteiger partial charge on any atom is -0.377 e. The Kier molecular flexibility index (Phi) is 7.92. The van der Waals surface area contributed by atoms with E-state index in [-0.39, 0.29) is 0 Å². The summed E-state index contributed by atoms with van der Waals surface area (Å²) in [4.78, 5) is 0. The van der Waals surface area contributed by atoms with Crippen molar-refractivity contribution in [3.05, 3.63) is 0 Å². The molecular weight excluding hydrogens is 222 g/mol. The number of likely N-dealkylation sites (N-methyl/N-ethyl adjacent to an activating group) is 1. The van der Waals surface area contributed by atoms with E-state index in [2.05, 4.69) is 33.1 Å². The lowest BCUT2D eigenvalue weighted by atomic mass is 9.72. The van der Waals surface area contributed by atoms with Gasteiger partial charge in [-0.05, 0) is 38.6 Å². The Bertz CT molecular complexity index is 201. The minimum atomic E-state index is 0.405. The molecular formula is C16H33NO. The van der Waals surface area contributed by atoms with Crippen LogP contribution in [0.5, 0.6) is 0 Å². The monoisotopic (exact) mass is 255 g/mol. The van der Waals surface area contributed by atoms with Crippen molar-refractivity contribution in [1.29, 1.82) is 0 Å². The van der Waals surface area contributed by atoms with Gasteiger partial charge in [0.15, 0.2) is 0 Å². The van der Waals surface area contributed by atoms with Gasteiger partial charge in [0.2, 0.25) is 0 Å². The second-order valence-corrected chi connectivity index (χ2v) is 5.71. The minimum absolute atomic E-state index is 0.405. The Morgan fingerprint density at radius 2 is 1.89 bits per heavy atom. The molecule has 0 aliphatic heterocycles. The van der Waals surface area contributed by atoms with Crippen LogP contribution in [0, 0.1) is 11.8 Å².